The van der Waals surface area contributed by atoms with Gasteiger partial charge in [-0.15, -0.1) is 0 Å². The van der Waals surface area contributed by atoms with E-state index in [9.17, 15) is 4.79 Å². The number of halogens is 1. The Bertz CT molecular complexity index is 587. The van der Waals surface area contributed by atoms with Gasteiger partial charge >= 0.3 is 0 Å². The van der Waals surface area contributed by atoms with Crippen molar-refractivity contribution >= 4 is 17.5 Å². The number of carbonyl (C=O) groups is 1. The number of hydrazine groups is 1. The summed E-state index contributed by atoms with van der Waals surface area (Å²) in [5.41, 5.74) is 7.35. The lowest BCUT2D eigenvalue weighted by Gasteiger charge is -2.37. The Labute approximate surface area is 154 Å². The van der Waals surface area contributed by atoms with Crippen LogP contribution in [0.5, 0.6) is 0 Å². The average Bonchev–Trinajstić information content (AvgIpc) is 3.11. The molecule has 138 valence electrons. The molecule has 7 heteroatoms. The van der Waals surface area contributed by atoms with Gasteiger partial charge in [0.1, 0.15) is 0 Å². The molecule has 1 aromatic rings. The van der Waals surface area contributed by atoms with Gasteiger partial charge in [0.2, 0.25) is 5.91 Å². The van der Waals surface area contributed by atoms with Crippen molar-refractivity contribution in [3.05, 3.63) is 34.9 Å². The van der Waals surface area contributed by atoms with Crippen LogP contribution in [0.25, 0.3) is 0 Å². The van der Waals surface area contributed by atoms with Crippen molar-refractivity contribution < 1.29 is 9.53 Å². The summed E-state index contributed by atoms with van der Waals surface area (Å²) < 4.78 is 5.43. The molecule has 2 saturated heterocycles. The zero-order valence-electron chi connectivity index (χ0n) is 14.6. The minimum Gasteiger partial charge on any atom is -0.384 e. The minimum absolute atomic E-state index is 0.0284. The van der Waals surface area contributed by atoms with Crippen molar-refractivity contribution in [1.82, 2.24) is 21.5 Å². The highest BCUT2D eigenvalue weighted by Crippen LogP contribution is 2.30. The molecule has 1 amide bonds. The Hall–Kier alpha value is -1.18. The topological polar surface area (TPSA) is 74.4 Å². The molecule has 0 aromatic heterocycles. The van der Waals surface area contributed by atoms with E-state index < -0.39 is 0 Å². The molecule has 2 aliphatic rings. The maximum atomic E-state index is 12.8. The summed E-state index contributed by atoms with van der Waals surface area (Å²) >= 11 is 6.10. The number of hydrogen-bond acceptors (Lipinski definition) is 5. The maximum Gasteiger partial charge on any atom is 0.226 e. The first-order chi connectivity index (χ1) is 12.1. The van der Waals surface area contributed by atoms with Crippen LogP contribution < -0.4 is 21.5 Å². The standard InChI is InChI=1S/C18H27ClN4O2/c1-25-12-18(5-7-20-8-6-18)11-21-17(24)15-10-22-23-16(15)13-3-2-4-14(19)9-13/h2-4,9,15-16,20,22-23H,5-8,10-12H2,1H3,(H,21,24). The lowest BCUT2D eigenvalue weighted by atomic mass is 9.79. The van der Waals surface area contributed by atoms with Crippen LogP contribution in [-0.2, 0) is 9.53 Å². The van der Waals surface area contributed by atoms with E-state index >= 15 is 0 Å². The normalized spacial score (nSPS) is 25.7. The molecule has 0 saturated carbocycles. The first kappa shape index (κ1) is 18.6. The maximum absolute atomic E-state index is 12.8. The van der Waals surface area contributed by atoms with E-state index in [1.807, 2.05) is 24.3 Å². The van der Waals surface area contributed by atoms with Crippen molar-refractivity contribution in [1.29, 1.82) is 0 Å². The Morgan fingerprint density at radius 1 is 1.40 bits per heavy atom. The quantitative estimate of drug-likeness (QED) is 0.609. The minimum atomic E-state index is -0.167. The van der Waals surface area contributed by atoms with Gasteiger partial charge in [0.15, 0.2) is 0 Å². The molecule has 6 nitrogen and oxygen atoms in total. The second kappa shape index (κ2) is 8.47. The van der Waals surface area contributed by atoms with Crippen LogP contribution in [0.1, 0.15) is 24.4 Å². The highest BCUT2D eigenvalue weighted by atomic mass is 35.5. The SMILES string of the molecule is COCC1(CNC(=O)C2CNNC2c2cccc(Cl)c2)CCNCC1. The molecule has 0 aliphatic carbocycles. The third-order valence-electron chi connectivity index (χ3n) is 5.28. The molecular weight excluding hydrogens is 340 g/mol. The van der Waals surface area contributed by atoms with Crippen molar-refractivity contribution in [3.8, 4) is 0 Å². The van der Waals surface area contributed by atoms with Crippen molar-refractivity contribution in [2.24, 2.45) is 11.3 Å². The zero-order chi connectivity index (χ0) is 17.7. The highest BCUT2D eigenvalue weighted by molar-refractivity contribution is 6.30. The molecule has 1 aromatic carbocycles. The molecule has 3 rings (SSSR count). The van der Waals surface area contributed by atoms with Crippen LogP contribution in [0.4, 0.5) is 0 Å². The van der Waals surface area contributed by atoms with Gasteiger partial charge in [-0.25, -0.2) is 5.43 Å². The number of piperidine rings is 1. The van der Waals surface area contributed by atoms with Gasteiger partial charge in [0.05, 0.1) is 18.6 Å². The molecule has 2 unspecified atom stereocenters. The van der Waals surface area contributed by atoms with E-state index in [4.69, 9.17) is 16.3 Å². The number of amides is 1. The lowest BCUT2D eigenvalue weighted by molar-refractivity contribution is -0.125. The summed E-state index contributed by atoms with van der Waals surface area (Å²) in [5.74, 6) is -0.101. The van der Waals surface area contributed by atoms with E-state index in [-0.39, 0.29) is 23.3 Å². The largest absolute Gasteiger partial charge is 0.384 e. The molecule has 0 radical (unpaired) electrons. The van der Waals surface area contributed by atoms with Crippen LogP contribution in [0.3, 0.4) is 0 Å². The van der Waals surface area contributed by atoms with Crippen LogP contribution in [0.2, 0.25) is 5.02 Å². The van der Waals surface area contributed by atoms with Gasteiger partial charge in [0.25, 0.3) is 0 Å². The fourth-order valence-electron chi connectivity index (χ4n) is 3.80. The fraction of sp³-hybridized carbons (Fsp3) is 0.611. The van der Waals surface area contributed by atoms with Crippen molar-refractivity contribution in [3.63, 3.8) is 0 Å². The number of rotatable bonds is 6. The number of hydrogen-bond donors (Lipinski definition) is 4. The van der Waals surface area contributed by atoms with Gasteiger partial charge in [-0.1, -0.05) is 23.7 Å². The van der Waals surface area contributed by atoms with Crippen LogP contribution in [0.15, 0.2) is 24.3 Å². The summed E-state index contributed by atoms with van der Waals surface area (Å²) in [6.07, 6.45) is 2.03. The number of carbonyl (C=O) groups excluding carboxylic acids is 1. The Morgan fingerprint density at radius 3 is 2.92 bits per heavy atom. The second-order valence-corrected chi connectivity index (χ2v) is 7.50. The van der Waals surface area contributed by atoms with Gasteiger partial charge < -0.3 is 15.4 Å². The molecule has 4 N–H and O–H groups in total. The predicted octanol–water partition coefficient (Wildman–Crippen LogP) is 1.24. The van der Waals surface area contributed by atoms with Crippen LogP contribution in [-0.4, -0.2) is 45.8 Å². The third kappa shape index (κ3) is 4.51. The van der Waals surface area contributed by atoms with Gasteiger partial charge in [-0.3, -0.25) is 10.2 Å². The monoisotopic (exact) mass is 366 g/mol. The number of methoxy groups -OCH3 is 1. The third-order valence-corrected chi connectivity index (χ3v) is 5.51. The number of benzene rings is 1. The highest BCUT2D eigenvalue weighted by Gasteiger charge is 2.37. The van der Waals surface area contributed by atoms with E-state index in [1.165, 1.54) is 0 Å². The molecule has 0 spiro atoms. The van der Waals surface area contributed by atoms with E-state index in [2.05, 4.69) is 21.5 Å². The Balaban J connectivity index is 1.63. The van der Waals surface area contributed by atoms with E-state index in [1.54, 1.807) is 7.11 Å². The Morgan fingerprint density at radius 2 is 2.20 bits per heavy atom. The Kier molecular flexibility index (Phi) is 6.30. The molecule has 2 aliphatic heterocycles. The zero-order valence-corrected chi connectivity index (χ0v) is 15.4. The first-order valence-corrected chi connectivity index (χ1v) is 9.23. The van der Waals surface area contributed by atoms with Gasteiger partial charge in [-0.05, 0) is 43.6 Å². The van der Waals surface area contributed by atoms with Crippen LogP contribution >= 0.6 is 11.6 Å². The summed E-state index contributed by atoms with van der Waals surface area (Å²) in [4.78, 5) is 12.8. The van der Waals surface area contributed by atoms with Crippen molar-refractivity contribution in [2.75, 3.05) is 39.9 Å². The van der Waals surface area contributed by atoms with Crippen molar-refractivity contribution in [2.45, 2.75) is 18.9 Å². The molecule has 0 bridgehead atoms. The number of ether oxygens (including phenoxy) is 1. The fourth-order valence-corrected chi connectivity index (χ4v) is 4.00. The smallest absolute Gasteiger partial charge is 0.226 e. The molecule has 2 heterocycles. The first-order valence-electron chi connectivity index (χ1n) is 8.85. The molecule has 2 fully saturated rings. The second-order valence-electron chi connectivity index (χ2n) is 7.07. The van der Waals surface area contributed by atoms with Gasteiger partial charge in [-0.2, -0.15) is 0 Å². The summed E-state index contributed by atoms with van der Waals surface area (Å²) in [5, 5.41) is 7.23. The summed E-state index contributed by atoms with van der Waals surface area (Å²) in [6, 6.07) is 7.58. The molecular formula is C18H27ClN4O2. The summed E-state index contributed by atoms with van der Waals surface area (Å²) in [6.45, 7) is 3.86. The van der Waals surface area contributed by atoms with E-state index in [0.717, 1.165) is 31.5 Å². The molecule has 25 heavy (non-hydrogen) atoms. The van der Waals surface area contributed by atoms with Crippen LogP contribution in [0, 0.1) is 11.3 Å². The van der Waals surface area contributed by atoms with Gasteiger partial charge in [0, 0.05) is 30.6 Å². The number of nitrogens with one attached hydrogen (secondary N) is 4. The average molecular weight is 367 g/mol. The van der Waals surface area contributed by atoms with E-state index in [0.29, 0.717) is 24.7 Å². The molecule has 2 atom stereocenters. The summed E-state index contributed by atoms with van der Waals surface area (Å²) in [7, 11) is 1.73. The predicted molar refractivity (Wildman–Crippen MR) is 98.2 cm³/mol. The lowest BCUT2D eigenvalue weighted by Crippen LogP contribution is -2.48.